The monoisotopic (exact) mass is 325 g/mol. The summed E-state index contributed by atoms with van der Waals surface area (Å²) < 4.78 is 10.3. The molecule has 1 fully saturated rings. The molecule has 2 aromatic carbocycles. The van der Waals surface area contributed by atoms with Crippen LogP contribution in [0, 0.1) is 0 Å². The normalized spacial score (nSPS) is 16.8. The van der Waals surface area contributed by atoms with E-state index in [0.717, 1.165) is 11.1 Å². The number of ether oxygens (including phenoxy) is 2. The molecule has 1 heterocycles. The summed E-state index contributed by atoms with van der Waals surface area (Å²) in [6.07, 6.45) is 0.164. The second kappa shape index (κ2) is 7.17. The van der Waals surface area contributed by atoms with E-state index in [2.05, 4.69) is 0 Å². The highest BCUT2D eigenvalue weighted by Gasteiger charge is 2.37. The average molecular weight is 325 g/mol. The number of carbonyl (C=O) groups is 2. The number of amides is 2. The summed E-state index contributed by atoms with van der Waals surface area (Å²) in [5.74, 6) is 0.428. The number of carbonyl (C=O) groups excluding carboxylic acids is 2. The Morgan fingerprint density at radius 2 is 1.92 bits per heavy atom. The van der Waals surface area contributed by atoms with Gasteiger partial charge in [-0.25, -0.2) is 9.69 Å². The first-order chi connectivity index (χ1) is 11.7. The highest BCUT2D eigenvalue weighted by Crippen LogP contribution is 2.20. The van der Waals surface area contributed by atoms with Crippen LogP contribution < -0.4 is 4.74 Å². The van der Waals surface area contributed by atoms with Crippen molar-refractivity contribution >= 4 is 12.0 Å². The van der Waals surface area contributed by atoms with E-state index in [1.807, 2.05) is 48.5 Å². The summed E-state index contributed by atoms with van der Waals surface area (Å²) in [4.78, 5) is 25.8. The predicted octanol–water partition coefficient (Wildman–Crippen LogP) is 2.83. The van der Waals surface area contributed by atoms with Crippen molar-refractivity contribution in [3.05, 3.63) is 65.7 Å². The van der Waals surface area contributed by atoms with Gasteiger partial charge in [0.05, 0.1) is 19.6 Å². The standard InChI is InChI=1S/C19H19NO4/c1-23-17-9-5-8-15(11-17)12-18(21)20-16(13-24-19(20)22)10-14-6-3-2-4-7-14/h2-9,11,16H,10,12-13H2,1H3/t16-/m0/s1. The van der Waals surface area contributed by atoms with Crippen LogP contribution in [-0.4, -0.2) is 36.7 Å². The molecule has 0 radical (unpaired) electrons. The molecule has 0 aromatic heterocycles. The first kappa shape index (κ1) is 16.1. The largest absolute Gasteiger partial charge is 0.497 e. The molecule has 1 aliphatic rings. The van der Waals surface area contributed by atoms with Gasteiger partial charge in [0.2, 0.25) is 5.91 Å². The van der Waals surface area contributed by atoms with Crippen molar-refractivity contribution < 1.29 is 19.1 Å². The molecule has 0 spiro atoms. The molecule has 1 aliphatic heterocycles. The maximum Gasteiger partial charge on any atom is 0.416 e. The molecular weight excluding hydrogens is 306 g/mol. The van der Waals surface area contributed by atoms with Gasteiger partial charge in [0, 0.05) is 0 Å². The second-order valence-corrected chi connectivity index (χ2v) is 5.71. The number of nitrogens with zero attached hydrogens (tertiary/aromatic N) is 1. The van der Waals surface area contributed by atoms with Crippen LogP contribution in [0.25, 0.3) is 0 Å². The van der Waals surface area contributed by atoms with E-state index in [1.165, 1.54) is 4.90 Å². The molecule has 0 saturated carbocycles. The lowest BCUT2D eigenvalue weighted by molar-refractivity contribution is -0.128. The van der Waals surface area contributed by atoms with Crippen LogP contribution in [0.15, 0.2) is 54.6 Å². The molecule has 0 aliphatic carbocycles. The molecule has 3 rings (SSSR count). The number of rotatable bonds is 5. The fourth-order valence-corrected chi connectivity index (χ4v) is 2.84. The van der Waals surface area contributed by atoms with Crippen LogP contribution in [0.3, 0.4) is 0 Å². The highest BCUT2D eigenvalue weighted by molar-refractivity contribution is 5.94. The van der Waals surface area contributed by atoms with E-state index in [1.54, 1.807) is 13.2 Å². The summed E-state index contributed by atoms with van der Waals surface area (Å²) in [5, 5.41) is 0. The Hall–Kier alpha value is -2.82. The third kappa shape index (κ3) is 3.56. The topological polar surface area (TPSA) is 55.8 Å². The Bertz CT molecular complexity index is 729. The zero-order valence-electron chi connectivity index (χ0n) is 13.5. The molecule has 0 bridgehead atoms. The minimum Gasteiger partial charge on any atom is -0.497 e. The van der Waals surface area contributed by atoms with Crippen molar-refractivity contribution in [1.82, 2.24) is 4.90 Å². The third-order valence-electron chi connectivity index (χ3n) is 4.03. The molecule has 2 amide bonds. The lowest BCUT2D eigenvalue weighted by atomic mass is 10.0. The van der Waals surface area contributed by atoms with Crippen molar-refractivity contribution in [3.63, 3.8) is 0 Å². The molecular formula is C19H19NO4. The summed E-state index contributed by atoms with van der Waals surface area (Å²) in [6, 6.07) is 16.8. The first-order valence-corrected chi connectivity index (χ1v) is 7.83. The number of imide groups is 1. The number of benzene rings is 2. The van der Waals surface area contributed by atoms with E-state index < -0.39 is 6.09 Å². The van der Waals surface area contributed by atoms with Gasteiger partial charge in [-0.05, 0) is 29.7 Å². The van der Waals surface area contributed by atoms with Gasteiger partial charge in [0.25, 0.3) is 0 Å². The Balaban J connectivity index is 1.72. The zero-order valence-corrected chi connectivity index (χ0v) is 13.5. The molecule has 0 N–H and O–H groups in total. The van der Waals surface area contributed by atoms with Crippen molar-refractivity contribution in [2.45, 2.75) is 18.9 Å². The molecule has 1 saturated heterocycles. The first-order valence-electron chi connectivity index (χ1n) is 7.83. The Kier molecular flexibility index (Phi) is 4.79. The summed E-state index contributed by atoms with van der Waals surface area (Å²) in [6.45, 7) is 0.234. The number of methoxy groups -OCH3 is 1. The smallest absolute Gasteiger partial charge is 0.416 e. The second-order valence-electron chi connectivity index (χ2n) is 5.71. The maximum atomic E-state index is 12.6. The lowest BCUT2D eigenvalue weighted by Gasteiger charge is -2.19. The van der Waals surface area contributed by atoms with E-state index in [9.17, 15) is 9.59 Å². The van der Waals surface area contributed by atoms with Crippen molar-refractivity contribution in [1.29, 1.82) is 0 Å². The molecule has 0 unspecified atom stereocenters. The average Bonchev–Trinajstić information content (AvgIpc) is 2.96. The minimum absolute atomic E-state index is 0.136. The van der Waals surface area contributed by atoms with E-state index in [0.29, 0.717) is 12.2 Å². The van der Waals surface area contributed by atoms with Crippen molar-refractivity contribution in [2.24, 2.45) is 0 Å². The van der Waals surface area contributed by atoms with Gasteiger partial charge >= 0.3 is 6.09 Å². The predicted molar refractivity (Wildman–Crippen MR) is 88.8 cm³/mol. The van der Waals surface area contributed by atoms with Crippen LogP contribution in [-0.2, 0) is 22.4 Å². The number of hydrogen-bond acceptors (Lipinski definition) is 4. The van der Waals surface area contributed by atoms with Gasteiger partial charge in [-0.1, -0.05) is 42.5 Å². The van der Waals surface area contributed by atoms with Crippen LogP contribution in [0.4, 0.5) is 4.79 Å². The van der Waals surface area contributed by atoms with E-state index in [-0.39, 0.29) is 25.0 Å². The quantitative estimate of drug-likeness (QED) is 0.848. The number of cyclic esters (lactones) is 1. The molecule has 2 aromatic rings. The Morgan fingerprint density at radius 1 is 1.17 bits per heavy atom. The number of hydrogen-bond donors (Lipinski definition) is 0. The van der Waals surface area contributed by atoms with Gasteiger partial charge < -0.3 is 9.47 Å². The van der Waals surface area contributed by atoms with Crippen LogP contribution in [0.1, 0.15) is 11.1 Å². The Morgan fingerprint density at radius 3 is 2.67 bits per heavy atom. The SMILES string of the molecule is COc1cccc(CC(=O)N2C(=O)OC[C@@H]2Cc2ccccc2)c1. The van der Waals surface area contributed by atoms with E-state index >= 15 is 0 Å². The van der Waals surface area contributed by atoms with Gasteiger partial charge in [-0.3, -0.25) is 4.79 Å². The fourth-order valence-electron chi connectivity index (χ4n) is 2.84. The summed E-state index contributed by atoms with van der Waals surface area (Å²) in [7, 11) is 1.58. The van der Waals surface area contributed by atoms with Crippen molar-refractivity contribution in [3.8, 4) is 5.75 Å². The molecule has 5 heteroatoms. The maximum absolute atomic E-state index is 12.6. The molecule has 124 valence electrons. The molecule has 5 nitrogen and oxygen atoms in total. The highest BCUT2D eigenvalue weighted by atomic mass is 16.6. The van der Waals surface area contributed by atoms with Gasteiger partial charge in [-0.15, -0.1) is 0 Å². The third-order valence-corrected chi connectivity index (χ3v) is 4.03. The van der Waals surface area contributed by atoms with Gasteiger partial charge in [0.1, 0.15) is 12.4 Å². The van der Waals surface area contributed by atoms with Crippen LogP contribution in [0.2, 0.25) is 0 Å². The van der Waals surface area contributed by atoms with Gasteiger partial charge in [0.15, 0.2) is 0 Å². The Labute approximate surface area is 140 Å². The minimum atomic E-state index is -0.566. The zero-order chi connectivity index (χ0) is 16.9. The van der Waals surface area contributed by atoms with Crippen LogP contribution in [0.5, 0.6) is 5.75 Å². The molecule has 1 atom stereocenters. The lowest BCUT2D eigenvalue weighted by Crippen LogP contribution is -2.41. The fraction of sp³-hybridized carbons (Fsp3) is 0.263. The summed E-state index contributed by atoms with van der Waals surface area (Å²) >= 11 is 0. The van der Waals surface area contributed by atoms with Crippen molar-refractivity contribution in [2.75, 3.05) is 13.7 Å². The summed E-state index contributed by atoms with van der Waals surface area (Å²) in [5.41, 5.74) is 1.87. The van der Waals surface area contributed by atoms with Crippen LogP contribution >= 0.6 is 0 Å². The molecule has 24 heavy (non-hydrogen) atoms. The van der Waals surface area contributed by atoms with E-state index in [4.69, 9.17) is 9.47 Å². The van der Waals surface area contributed by atoms with Gasteiger partial charge in [-0.2, -0.15) is 0 Å².